The highest BCUT2D eigenvalue weighted by molar-refractivity contribution is 6.25. The van der Waals surface area contributed by atoms with Crippen molar-refractivity contribution >= 4 is 23.5 Å². The number of halogens is 1. The second-order valence-corrected chi connectivity index (χ2v) is 4.21. The molecule has 17 heavy (non-hydrogen) atoms. The monoisotopic (exact) mass is 262 g/mol. The summed E-state index contributed by atoms with van der Waals surface area (Å²) in [4.78, 5) is 23.3. The average molecular weight is 263 g/mol. The third-order valence-electron chi connectivity index (χ3n) is 2.52. The summed E-state index contributed by atoms with van der Waals surface area (Å²) in [7, 11) is 0. The molecule has 0 aliphatic rings. The van der Waals surface area contributed by atoms with Gasteiger partial charge in [-0.2, -0.15) is 0 Å². The van der Waals surface area contributed by atoms with E-state index in [0.29, 0.717) is 12.0 Å². The summed E-state index contributed by atoms with van der Waals surface area (Å²) >= 11 is 5.54. The molecule has 0 aromatic rings. The Bertz CT molecular complexity index is 312. The molecular formula is C12H19ClO4. The van der Waals surface area contributed by atoms with Crippen LogP contribution in [0.2, 0.25) is 0 Å². The summed E-state index contributed by atoms with van der Waals surface area (Å²) in [5.74, 6) is -1.84. The van der Waals surface area contributed by atoms with Crippen LogP contribution in [0, 0.1) is 5.41 Å². The van der Waals surface area contributed by atoms with Crippen LogP contribution in [0.15, 0.2) is 11.1 Å². The standard InChI is InChI=1S/C12H19ClO4/c1-4-6-12(10(14)15,7-9(3)8-13)11(16)17-5-2/h8H,4-7H2,1-3H3,(H,14,15). The molecule has 0 radical (unpaired) electrons. The Morgan fingerprint density at radius 1 is 1.41 bits per heavy atom. The fraction of sp³-hybridized carbons (Fsp3) is 0.667. The van der Waals surface area contributed by atoms with Gasteiger partial charge in [-0.1, -0.05) is 30.5 Å². The summed E-state index contributed by atoms with van der Waals surface area (Å²) in [6.45, 7) is 5.35. The minimum atomic E-state index is -1.51. The molecule has 0 spiro atoms. The molecule has 0 amide bonds. The second-order valence-electron chi connectivity index (χ2n) is 3.99. The highest BCUT2D eigenvalue weighted by Gasteiger charge is 2.46. The smallest absolute Gasteiger partial charge is 0.323 e. The van der Waals surface area contributed by atoms with Crippen LogP contribution in [-0.4, -0.2) is 23.7 Å². The molecule has 1 atom stereocenters. The molecule has 98 valence electrons. The van der Waals surface area contributed by atoms with Gasteiger partial charge in [0.15, 0.2) is 5.41 Å². The Labute approximate surface area is 107 Å². The lowest BCUT2D eigenvalue weighted by molar-refractivity contribution is -0.169. The van der Waals surface area contributed by atoms with Crippen molar-refractivity contribution in [3.63, 3.8) is 0 Å². The van der Waals surface area contributed by atoms with Gasteiger partial charge in [-0.25, -0.2) is 0 Å². The van der Waals surface area contributed by atoms with Gasteiger partial charge in [0.2, 0.25) is 0 Å². The molecule has 0 heterocycles. The minimum Gasteiger partial charge on any atom is -0.480 e. The van der Waals surface area contributed by atoms with Crippen LogP contribution in [-0.2, 0) is 14.3 Å². The van der Waals surface area contributed by atoms with Crippen molar-refractivity contribution < 1.29 is 19.4 Å². The summed E-state index contributed by atoms with van der Waals surface area (Å²) in [5.41, 5.74) is 0.433. The fourth-order valence-electron chi connectivity index (χ4n) is 1.74. The first-order valence-electron chi connectivity index (χ1n) is 5.61. The van der Waals surface area contributed by atoms with Crippen LogP contribution in [0.1, 0.15) is 40.0 Å². The lowest BCUT2D eigenvalue weighted by Gasteiger charge is -2.26. The first-order valence-corrected chi connectivity index (χ1v) is 6.04. The van der Waals surface area contributed by atoms with Crippen molar-refractivity contribution in [2.45, 2.75) is 40.0 Å². The number of esters is 1. The van der Waals surface area contributed by atoms with Gasteiger partial charge >= 0.3 is 11.9 Å². The number of rotatable bonds is 7. The highest BCUT2D eigenvalue weighted by atomic mass is 35.5. The predicted molar refractivity (Wildman–Crippen MR) is 65.8 cm³/mol. The van der Waals surface area contributed by atoms with Crippen LogP contribution in [0.25, 0.3) is 0 Å². The van der Waals surface area contributed by atoms with E-state index in [0.717, 1.165) is 0 Å². The van der Waals surface area contributed by atoms with Crippen molar-refractivity contribution in [3.05, 3.63) is 11.1 Å². The topological polar surface area (TPSA) is 63.6 Å². The number of allylic oxidation sites excluding steroid dienone is 1. The van der Waals surface area contributed by atoms with E-state index in [-0.39, 0.29) is 19.4 Å². The van der Waals surface area contributed by atoms with Gasteiger partial charge in [-0.05, 0) is 26.7 Å². The summed E-state index contributed by atoms with van der Waals surface area (Å²) in [6.07, 6.45) is 0.905. The Morgan fingerprint density at radius 3 is 2.35 bits per heavy atom. The lowest BCUT2D eigenvalue weighted by Crippen LogP contribution is -2.41. The number of aliphatic carboxylic acids is 1. The van der Waals surface area contributed by atoms with Crippen LogP contribution >= 0.6 is 11.6 Å². The molecule has 0 saturated carbocycles. The Kier molecular flexibility index (Phi) is 6.88. The van der Waals surface area contributed by atoms with E-state index in [4.69, 9.17) is 16.3 Å². The van der Waals surface area contributed by atoms with Gasteiger partial charge in [0.1, 0.15) is 0 Å². The second kappa shape index (κ2) is 7.33. The number of carboxylic acids is 1. The van der Waals surface area contributed by atoms with Crippen molar-refractivity contribution in [3.8, 4) is 0 Å². The molecule has 0 aliphatic heterocycles. The molecule has 1 unspecified atom stereocenters. The molecular weight excluding hydrogens is 244 g/mol. The maximum atomic E-state index is 11.9. The molecule has 4 nitrogen and oxygen atoms in total. The van der Waals surface area contributed by atoms with Gasteiger partial charge in [0, 0.05) is 5.54 Å². The number of carbonyl (C=O) groups is 2. The van der Waals surface area contributed by atoms with E-state index in [9.17, 15) is 14.7 Å². The molecule has 0 aromatic heterocycles. The van der Waals surface area contributed by atoms with E-state index in [1.165, 1.54) is 5.54 Å². The maximum Gasteiger partial charge on any atom is 0.323 e. The van der Waals surface area contributed by atoms with E-state index >= 15 is 0 Å². The third-order valence-corrected chi connectivity index (χ3v) is 2.89. The number of ether oxygens (including phenoxy) is 1. The zero-order valence-corrected chi connectivity index (χ0v) is 11.2. The number of carboxylic acid groups (broad SMARTS) is 1. The summed E-state index contributed by atoms with van der Waals surface area (Å²) in [6, 6.07) is 0. The Hall–Kier alpha value is -1.03. The molecule has 5 heteroatoms. The maximum absolute atomic E-state index is 11.9. The molecule has 0 rings (SSSR count). The molecule has 0 aromatic carbocycles. The van der Waals surface area contributed by atoms with Crippen LogP contribution in [0.5, 0.6) is 0 Å². The SMILES string of the molecule is CCCC(CC(C)=CCl)(C(=O)O)C(=O)OCC. The lowest BCUT2D eigenvalue weighted by atomic mass is 9.78. The van der Waals surface area contributed by atoms with E-state index < -0.39 is 17.4 Å². The molecule has 0 fully saturated rings. The average Bonchev–Trinajstić information content (AvgIpc) is 2.28. The van der Waals surface area contributed by atoms with E-state index in [1.807, 2.05) is 6.92 Å². The van der Waals surface area contributed by atoms with Gasteiger partial charge in [0.05, 0.1) is 6.61 Å². The molecule has 0 bridgehead atoms. The van der Waals surface area contributed by atoms with Crippen molar-refractivity contribution in [2.24, 2.45) is 5.41 Å². The van der Waals surface area contributed by atoms with Gasteiger partial charge in [0.25, 0.3) is 0 Å². The van der Waals surface area contributed by atoms with Crippen LogP contribution < -0.4 is 0 Å². The number of carbonyl (C=O) groups excluding carboxylic acids is 1. The largest absolute Gasteiger partial charge is 0.480 e. The highest BCUT2D eigenvalue weighted by Crippen LogP contribution is 2.34. The predicted octanol–water partition coefficient (Wildman–Crippen LogP) is 2.95. The number of hydrogen-bond acceptors (Lipinski definition) is 3. The van der Waals surface area contributed by atoms with Crippen molar-refractivity contribution in [2.75, 3.05) is 6.61 Å². The van der Waals surface area contributed by atoms with Crippen molar-refractivity contribution in [1.29, 1.82) is 0 Å². The zero-order valence-electron chi connectivity index (χ0n) is 10.5. The zero-order chi connectivity index (χ0) is 13.5. The van der Waals surface area contributed by atoms with Crippen LogP contribution in [0.4, 0.5) is 0 Å². The summed E-state index contributed by atoms with van der Waals surface area (Å²) < 4.78 is 4.88. The molecule has 0 aliphatic carbocycles. The fourth-order valence-corrected chi connectivity index (χ4v) is 1.82. The van der Waals surface area contributed by atoms with Gasteiger partial charge in [-0.3, -0.25) is 9.59 Å². The Balaban J connectivity index is 5.26. The van der Waals surface area contributed by atoms with Gasteiger partial charge < -0.3 is 9.84 Å². The molecule has 0 saturated heterocycles. The minimum absolute atomic E-state index is 0.0819. The number of hydrogen-bond donors (Lipinski definition) is 1. The van der Waals surface area contributed by atoms with Gasteiger partial charge in [-0.15, -0.1) is 0 Å². The van der Waals surface area contributed by atoms with E-state index in [1.54, 1.807) is 13.8 Å². The van der Waals surface area contributed by atoms with Crippen LogP contribution in [0.3, 0.4) is 0 Å². The molecule has 1 N–H and O–H groups in total. The third kappa shape index (κ3) is 4.04. The first-order chi connectivity index (χ1) is 7.94. The first kappa shape index (κ1) is 16.0. The quantitative estimate of drug-likeness (QED) is 0.566. The van der Waals surface area contributed by atoms with E-state index in [2.05, 4.69) is 0 Å². The normalized spacial score (nSPS) is 15.2. The summed E-state index contributed by atoms with van der Waals surface area (Å²) in [5, 5.41) is 9.33. The Morgan fingerprint density at radius 2 is 2.00 bits per heavy atom. The van der Waals surface area contributed by atoms with Crippen molar-refractivity contribution in [1.82, 2.24) is 0 Å².